The molecule has 0 amide bonds. The van der Waals surface area contributed by atoms with Gasteiger partial charge in [-0.3, -0.25) is 4.79 Å². The van der Waals surface area contributed by atoms with Crippen LogP contribution in [0.5, 0.6) is 0 Å². The molecule has 1 fully saturated rings. The van der Waals surface area contributed by atoms with E-state index in [-0.39, 0.29) is 5.78 Å². The quantitative estimate of drug-likeness (QED) is 0.644. The van der Waals surface area contributed by atoms with Crippen molar-refractivity contribution in [1.29, 1.82) is 0 Å². The van der Waals surface area contributed by atoms with E-state index in [9.17, 15) is 4.79 Å². The molecule has 1 aromatic rings. The number of quaternary nitrogens is 1. The maximum absolute atomic E-state index is 11.9. The molecule has 1 N–H and O–H groups in total. The molecular weight excluding hydrogens is 236 g/mol. The van der Waals surface area contributed by atoms with E-state index < -0.39 is 0 Å². The number of rotatable bonds is 5. The molecule has 0 aromatic heterocycles. The Hall–Kier alpha value is -1.45. The Kier molecular flexibility index (Phi) is 4.88. The lowest BCUT2D eigenvalue weighted by atomic mass is 10.1. The number of hydrogen-bond acceptors (Lipinski definition) is 2. The maximum Gasteiger partial charge on any atom is 0.161 e. The van der Waals surface area contributed by atoms with Gasteiger partial charge >= 0.3 is 0 Å². The van der Waals surface area contributed by atoms with Gasteiger partial charge in [0.05, 0.1) is 33.1 Å². The molecule has 102 valence electrons. The van der Waals surface area contributed by atoms with Crippen LogP contribution in [0.1, 0.15) is 12.0 Å². The first-order chi connectivity index (χ1) is 9.18. The summed E-state index contributed by atoms with van der Waals surface area (Å²) in [5.74, 6) is 0.224. The first kappa shape index (κ1) is 14.0. The standard InChI is InChI=1S/C16H23N2O/c1-18(13-10-17-11-14-18)12-9-16(19)8-7-15-5-3-2-4-6-15/h2-8,17H,9-14H2,1H3/q+1/b8-7+. The molecule has 0 radical (unpaired) electrons. The van der Waals surface area contributed by atoms with Crippen LogP contribution in [0, 0.1) is 0 Å². The number of piperazine rings is 1. The van der Waals surface area contributed by atoms with E-state index in [1.54, 1.807) is 6.08 Å². The van der Waals surface area contributed by atoms with Crippen molar-refractivity contribution >= 4 is 11.9 Å². The molecule has 0 saturated carbocycles. The largest absolute Gasteiger partial charge is 0.324 e. The number of allylic oxidation sites excluding steroid dienone is 1. The number of likely N-dealkylation sites (N-methyl/N-ethyl adjacent to an activating group) is 1. The van der Waals surface area contributed by atoms with E-state index in [1.807, 2.05) is 36.4 Å². The third kappa shape index (κ3) is 4.62. The summed E-state index contributed by atoms with van der Waals surface area (Å²) in [6, 6.07) is 9.96. The molecular formula is C16H23N2O+. The van der Waals surface area contributed by atoms with Crippen LogP contribution in [0.25, 0.3) is 6.08 Å². The summed E-state index contributed by atoms with van der Waals surface area (Å²) in [5, 5.41) is 3.36. The highest BCUT2D eigenvalue weighted by Gasteiger charge is 2.24. The predicted molar refractivity (Wildman–Crippen MR) is 78.8 cm³/mol. The highest BCUT2D eigenvalue weighted by molar-refractivity contribution is 5.93. The number of carbonyl (C=O) groups excluding carboxylic acids is 1. The molecule has 19 heavy (non-hydrogen) atoms. The van der Waals surface area contributed by atoms with Gasteiger partial charge in [-0.1, -0.05) is 36.4 Å². The summed E-state index contributed by atoms with van der Waals surface area (Å²) in [5.41, 5.74) is 1.08. The molecule has 0 aliphatic carbocycles. The fourth-order valence-electron chi connectivity index (χ4n) is 2.38. The Labute approximate surface area is 115 Å². The summed E-state index contributed by atoms with van der Waals surface area (Å²) in [6.07, 6.45) is 4.25. The lowest BCUT2D eigenvalue weighted by molar-refractivity contribution is -0.910. The van der Waals surface area contributed by atoms with Crippen LogP contribution >= 0.6 is 0 Å². The monoisotopic (exact) mass is 259 g/mol. The number of carbonyl (C=O) groups is 1. The Morgan fingerprint density at radius 1 is 1.26 bits per heavy atom. The molecule has 2 rings (SSSR count). The van der Waals surface area contributed by atoms with Crippen LogP contribution in [0.2, 0.25) is 0 Å². The van der Waals surface area contributed by atoms with Gasteiger partial charge < -0.3 is 9.80 Å². The van der Waals surface area contributed by atoms with Gasteiger partial charge in [-0.2, -0.15) is 0 Å². The molecule has 1 aromatic carbocycles. The third-order valence-corrected chi connectivity index (χ3v) is 3.82. The lowest BCUT2D eigenvalue weighted by Gasteiger charge is -2.37. The Balaban J connectivity index is 1.80. The predicted octanol–water partition coefficient (Wildman–Crippen LogP) is 1.71. The summed E-state index contributed by atoms with van der Waals surface area (Å²) in [7, 11) is 2.25. The van der Waals surface area contributed by atoms with E-state index in [1.165, 1.54) is 0 Å². The van der Waals surface area contributed by atoms with Gasteiger partial charge in [0.2, 0.25) is 0 Å². The molecule has 1 aliphatic heterocycles. The first-order valence-electron chi connectivity index (χ1n) is 6.98. The SMILES string of the molecule is C[N+]1(CCC(=O)/C=C/c2ccccc2)CCNCC1. The molecule has 1 aliphatic rings. The minimum atomic E-state index is 0.224. The minimum absolute atomic E-state index is 0.224. The van der Waals surface area contributed by atoms with Crippen molar-refractivity contribution in [2.75, 3.05) is 39.8 Å². The molecule has 3 heteroatoms. The van der Waals surface area contributed by atoms with Crippen LogP contribution in [0.15, 0.2) is 36.4 Å². The summed E-state index contributed by atoms with van der Waals surface area (Å²) in [6.45, 7) is 5.31. The zero-order chi connectivity index (χ0) is 13.6. The molecule has 0 atom stereocenters. The van der Waals surface area contributed by atoms with Crippen LogP contribution < -0.4 is 5.32 Å². The topological polar surface area (TPSA) is 29.1 Å². The van der Waals surface area contributed by atoms with Gasteiger partial charge in [-0.25, -0.2) is 0 Å². The molecule has 0 unspecified atom stereocenters. The third-order valence-electron chi connectivity index (χ3n) is 3.82. The molecule has 0 bridgehead atoms. The number of ketones is 1. The number of benzene rings is 1. The molecule has 0 spiro atoms. The fourth-order valence-corrected chi connectivity index (χ4v) is 2.38. The highest BCUT2D eigenvalue weighted by Crippen LogP contribution is 2.07. The van der Waals surface area contributed by atoms with Crippen LogP contribution in [-0.4, -0.2) is 50.0 Å². The van der Waals surface area contributed by atoms with Crippen molar-refractivity contribution in [2.24, 2.45) is 0 Å². The van der Waals surface area contributed by atoms with Crippen molar-refractivity contribution in [3.63, 3.8) is 0 Å². The highest BCUT2D eigenvalue weighted by atomic mass is 16.1. The van der Waals surface area contributed by atoms with Gasteiger partial charge in [-0.05, 0) is 11.6 Å². The van der Waals surface area contributed by atoms with E-state index in [0.717, 1.165) is 42.8 Å². The van der Waals surface area contributed by atoms with Gasteiger partial charge in [0.25, 0.3) is 0 Å². The van der Waals surface area contributed by atoms with Crippen LogP contribution in [0.4, 0.5) is 0 Å². The Morgan fingerprint density at radius 2 is 1.95 bits per heavy atom. The van der Waals surface area contributed by atoms with Gasteiger partial charge in [0.15, 0.2) is 5.78 Å². The van der Waals surface area contributed by atoms with E-state index in [0.29, 0.717) is 6.42 Å². The molecule has 1 saturated heterocycles. The van der Waals surface area contributed by atoms with Crippen molar-refractivity contribution < 1.29 is 9.28 Å². The van der Waals surface area contributed by atoms with Crippen LogP contribution in [-0.2, 0) is 4.79 Å². The number of nitrogens with one attached hydrogen (secondary N) is 1. The lowest BCUT2D eigenvalue weighted by Crippen LogP contribution is -2.56. The fraction of sp³-hybridized carbons (Fsp3) is 0.438. The smallest absolute Gasteiger partial charge is 0.161 e. The Bertz CT molecular complexity index is 433. The maximum atomic E-state index is 11.9. The average molecular weight is 259 g/mol. The van der Waals surface area contributed by atoms with E-state index in [4.69, 9.17) is 0 Å². The normalized spacial score (nSPS) is 18.6. The van der Waals surface area contributed by atoms with Gasteiger partial charge in [-0.15, -0.1) is 0 Å². The zero-order valence-electron chi connectivity index (χ0n) is 11.6. The van der Waals surface area contributed by atoms with E-state index >= 15 is 0 Å². The summed E-state index contributed by atoms with van der Waals surface area (Å²) in [4.78, 5) is 11.9. The van der Waals surface area contributed by atoms with Crippen LogP contribution in [0.3, 0.4) is 0 Å². The first-order valence-corrected chi connectivity index (χ1v) is 6.98. The van der Waals surface area contributed by atoms with Crippen molar-refractivity contribution in [3.8, 4) is 0 Å². The molecule has 1 heterocycles. The second-order valence-electron chi connectivity index (χ2n) is 5.50. The number of nitrogens with zero attached hydrogens (tertiary/aromatic N) is 1. The van der Waals surface area contributed by atoms with Crippen molar-refractivity contribution in [3.05, 3.63) is 42.0 Å². The average Bonchev–Trinajstić information content (AvgIpc) is 2.45. The molecule has 3 nitrogen and oxygen atoms in total. The summed E-state index contributed by atoms with van der Waals surface area (Å²) < 4.78 is 1.01. The second-order valence-corrected chi connectivity index (χ2v) is 5.50. The van der Waals surface area contributed by atoms with Gasteiger partial charge in [0.1, 0.15) is 0 Å². The summed E-state index contributed by atoms with van der Waals surface area (Å²) >= 11 is 0. The van der Waals surface area contributed by atoms with Crippen molar-refractivity contribution in [1.82, 2.24) is 5.32 Å². The van der Waals surface area contributed by atoms with Crippen molar-refractivity contribution in [2.45, 2.75) is 6.42 Å². The minimum Gasteiger partial charge on any atom is -0.324 e. The number of hydrogen-bond donors (Lipinski definition) is 1. The van der Waals surface area contributed by atoms with Gasteiger partial charge in [0, 0.05) is 13.1 Å². The Morgan fingerprint density at radius 3 is 2.63 bits per heavy atom. The zero-order valence-corrected chi connectivity index (χ0v) is 11.6. The van der Waals surface area contributed by atoms with E-state index in [2.05, 4.69) is 12.4 Å². The second kappa shape index (κ2) is 6.64.